The maximum absolute atomic E-state index is 6.16. The summed E-state index contributed by atoms with van der Waals surface area (Å²) in [6, 6.07) is 20.9. The highest BCUT2D eigenvalue weighted by atomic mass is 79.9. The van der Waals surface area contributed by atoms with E-state index in [-0.39, 0.29) is 0 Å². The molecule has 0 spiro atoms. The second-order valence-electron chi connectivity index (χ2n) is 4.94. The van der Waals surface area contributed by atoms with Crippen molar-refractivity contribution in [3.8, 4) is 11.1 Å². The number of thiophene rings is 1. The lowest BCUT2D eigenvalue weighted by atomic mass is 10.0. The molecule has 0 saturated heterocycles. The van der Waals surface area contributed by atoms with Crippen LogP contribution in [0.5, 0.6) is 0 Å². The SMILES string of the molecule is Clc1cccc(-c2cc(Br)cc3c2sc2ccccc23)c1. The fourth-order valence-corrected chi connectivity index (χ4v) is 4.53. The average molecular weight is 374 g/mol. The molecule has 0 nitrogen and oxygen atoms in total. The van der Waals surface area contributed by atoms with Gasteiger partial charge >= 0.3 is 0 Å². The van der Waals surface area contributed by atoms with Crippen LogP contribution in [-0.4, -0.2) is 0 Å². The molecule has 1 heterocycles. The van der Waals surface area contributed by atoms with Crippen molar-refractivity contribution in [1.29, 1.82) is 0 Å². The van der Waals surface area contributed by atoms with Crippen LogP contribution in [0, 0.1) is 0 Å². The normalized spacial score (nSPS) is 11.3. The van der Waals surface area contributed by atoms with E-state index < -0.39 is 0 Å². The zero-order chi connectivity index (χ0) is 14.4. The van der Waals surface area contributed by atoms with Crippen LogP contribution in [0.4, 0.5) is 0 Å². The predicted octanol–water partition coefficient (Wildman–Crippen LogP) is 7.14. The summed E-state index contributed by atoms with van der Waals surface area (Å²) in [5.41, 5.74) is 2.38. The van der Waals surface area contributed by atoms with Gasteiger partial charge < -0.3 is 0 Å². The van der Waals surface area contributed by atoms with Gasteiger partial charge in [-0.3, -0.25) is 0 Å². The van der Waals surface area contributed by atoms with Gasteiger partial charge in [-0.1, -0.05) is 57.9 Å². The standard InChI is InChI=1S/C18H10BrClS/c19-12-9-15(11-4-3-5-13(20)8-11)18-16(10-12)14-6-1-2-7-17(14)21-18/h1-10H. The maximum atomic E-state index is 6.16. The minimum absolute atomic E-state index is 0.765. The van der Waals surface area contributed by atoms with E-state index >= 15 is 0 Å². The monoisotopic (exact) mass is 372 g/mol. The molecule has 102 valence electrons. The summed E-state index contributed by atoms with van der Waals surface area (Å²) >= 11 is 11.6. The highest BCUT2D eigenvalue weighted by Crippen LogP contribution is 2.41. The van der Waals surface area contributed by atoms with Gasteiger partial charge in [0.25, 0.3) is 0 Å². The molecule has 0 N–H and O–H groups in total. The number of hydrogen-bond acceptors (Lipinski definition) is 1. The molecule has 4 rings (SSSR count). The molecule has 4 aromatic rings. The minimum Gasteiger partial charge on any atom is -0.135 e. The lowest BCUT2D eigenvalue weighted by molar-refractivity contribution is 1.65. The molecule has 0 saturated carbocycles. The molecule has 21 heavy (non-hydrogen) atoms. The fourth-order valence-electron chi connectivity index (χ4n) is 2.66. The molecule has 0 aliphatic carbocycles. The van der Waals surface area contributed by atoms with E-state index in [1.807, 2.05) is 29.5 Å². The fraction of sp³-hybridized carbons (Fsp3) is 0. The van der Waals surface area contributed by atoms with Gasteiger partial charge in [0.2, 0.25) is 0 Å². The van der Waals surface area contributed by atoms with Crippen LogP contribution in [0.2, 0.25) is 5.02 Å². The smallest absolute Gasteiger partial charge is 0.0434 e. The van der Waals surface area contributed by atoms with Gasteiger partial charge in [-0.05, 0) is 35.9 Å². The first-order chi connectivity index (χ1) is 10.2. The molecule has 0 aliphatic heterocycles. The molecular weight excluding hydrogens is 364 g/mol. The molecule has 0 aliphatic rings. The average Bonchev–Trinajstić information content (AvgIpc) is 2.85. The van der Waals surface area contributed by atoms with E-state index in [0.29, 0.717) is 0 Å². The summed E-state index contributed by atoms with van der Waals surface area (Å²) in [4.78, 5) is 0. The van der Waals surface area contributed by atoms with Gasteiger partial charge in [-0.15, -0.1) is 11.3 Å². The summed E-state index contributed by atoms with van der Waals surface area (Å²) < 4.78 is 3.71. The lowest BCUT2D eigenvalue weighted by Gasteiger charge is -2.05. The second-order valence-corrected chi connectivity index (χ2v) is 7.34. The summed E-state index contributed by atoms with van der Waals surface area (Å²) in [5, 5.41) is 3.36. The highest BCUT2D eigenvalue weighted by Gasteiger charge is 2.11. The van der Waals surface area contributed by atoms with E-state index in [4.69, 9.17) is 11.6 Å². The Labute approximate surface area is 140 Å². The molecule has 0 unspecified atom stereocenters. The third-order valence-corrected chi connectivity index (χ3v) is 5.49. The molecule has 3 aromatic carbocycles. The van der Waals surface area contributed by atoms with Crippen molar-refractivity contribution >= 4 is 59.0 Å². The van der Waals surface area contributed by atoms with E-state index in [2.05, 4.69) is 58.4 Å². The molecule has 0 atom stereocenters. The largest absolute Gasteiger partial charge is 0.135 e. The predicted molar refractivity (Wildman–Crippen MR) is 97.5 cm³/mol. The van der Waals surface area contributed by atoms with Crippen LogP contribution < -0.4 is 0 Å². The molecule has 0 radical (unpaired) electrons. The van der Waals surface area contributed by atoms with E-state index in [1.54, 1.807) is 0 Å². The number of fused-ring (bicyclic) bond motifs is 3. The Morgan fingerprint density at radius 1 is 0.857 bits per heavy atom. The van der Waals surface area contributed by atoms with Crippen molar-refractivity contribution < 1.29 is 0 Å². The van der Waals surface area contributed by atoms with Crippen molar-refractivity contribution in [2.24, 2.45) is 0 Å². The summed E-state index contributed by atoms with van der Waals surface area (Å²) in [6.45, 7) is 0. The van der Waals surface area contributed by atoms with E-state index in [1.165, 1.54) is 25.7 Å². The van der Waals surface area contributed by atoms with E-state index in [9.17, 15) is 0 Å². The van der Waals surface area contributed by atoms with Crippen LogP contribution in [0.15, 0.2) is 65.1 Å². The molecule has 3 heteroatoms. The Morgan fingerprint density at radius 3 is 2.57 bits per heavy atom. The van der Waals surface area contributed by atoms with Crippen LogP contribution in [-0.2, 0) is 0 Å². The van der Waals surface area contributed by atoms with Gasteiger partial charge in [-0.25, -0.2) is 0 Å². The van der Waals surface area contributed by atoms with Crippen LogP contribution in [0.3, 0.4) is 0 Å². The number of halogens is 2. The zero-order valence-electron chi connectivity index (χ0n) is 10.9. The summed E-state index contributed by atoms with van der Waals surface area (Å²) in [6.07, 6.45) is 0. The van der Waals surface area contributed by atoms with Crippen LogP contribution in [0.1, 0.15) is 0 Å². The van der Waals surface area contributed by atoms with Crippen molar-refractivity contribution in [1.82, 2.24) is 0 Å². The van der Waals surface area contributed by atoms with Crippen molar-refractivity contribution in [2.45, 2.75) is 0 Å². The number of rotatable bonds is 1. The lowest BCUT2D eigenvalue weighted by Crippen LogP contribution is -1.79. The highest BCUT2D eigenvalue weighted by molar-refractivity contribution is 9.10. The molecule has 1 aromatic heterocycles. The van der Waals surface area contributed by atoms with Gasteiger partial charge in [-0.2, -0.15) is 0 Å². The Hall–Kier alpha value is -1.35. The van der Waals surface area contributed by atoms with Gasteiger partial charge in [0.05, 0.1) is 0 Å². The van der Waals surface area contributed by atoms with Gasteiger partial charge in [0.15, 0.2) is 0 Å². The van der Waals surface area contributed by atoms with Crippen molar-refractivity contribution in [3.05, 3.63) is 70.2 Å². The van der Waals surface area contributed by atoms with Crippen molar-refractivity contribution in [3.63, 3.8) is 0 Å². The van der Waals surface area contributed by atoms with Crippen LogP contribution in [0.25, 0.3) is 31.3 Å². The molecule has 0 fully saturated rings. The van der Waals surface area contributed by atoms with E-state index in [0.717, 1.165) is 15.1 Å². The summed E-state index contributed by atoms with van der Waals surface area (Å²) in [7, 11) is 0. The molecule has 0 bridgehead atoms. The van der Waals surface area contributed by atoms with Gasteiger partial charge in [0, 0.05) is 35.2 Å². The third-order valence-electron chi connectivity index (χ3n) is 3.58. The first-order valence-corrected chi connectivity index (χ1v) is 8.58. The Balaban J connectivity index is 2.13. The Bertz CT molecular complexity index is 971. The quantitative estimate of drug-likeness (QED) is 0.332. The first-order valence-electron chi connectivity index (χ1n) is 6.59. The summed E-state index contributed by atoms with van der Waals surface area (Å²) in [5.74, 6) is 0. The van der Waals surface area contributed by atoms with Crippen molar-refractivity contribution in [2.75, 3.05) is 0 Å². The minimum atomic E-state index is 0.765. The topological polar surface area (TPSA) is 0 Å². The molecular formula is C18H10BrClS. The molecule has 0 amide bonds. The zero-order valence-corrected chi connectivity index (χ0v) is 14.1. The number of hydrogen-bond donors (Lipinski definition) is 0. The Kier molecular flexibility index (Phi) is 3.26. The maximum Gasteiger partial charge on any atom is 0.0434 e. The number of benzene rings is 3. The second kappa shape index (κ2) is 5.13. The van der Waals surface area contributed by atoms with Gasteiger partial charge in [0.1, 0.15) is 0 Å². The third kappa shape index (κ3) is 2.28. The Morgan fingerprint density at radius 2 is 1.71 bits per heavy atom. The first kappa shape index (κ1) is 13.3. The van der Waals surface area contributed by atoms with Crippen LogP contribution >= 0.6 is 38.9 Å².